The van der Waals surface area contributed by atoms with E-state index in [9.17, 15) is 0 Å². The van der Waals surface area contributed by atoms with Crippen LogP contribution >= 0.6 is 0 Å². The van der Waals surface area contributed by atoms with Crippen molar-refractivity contribution >= 4 is 0 Å². The Hall–Kier alpha value is -0.760. The Bertz CT molecular complexity index is 325. The van der Waals surface area contributed by atoms with E-state index in [-0.39, 0.29) is 0 Å². The van der Waals surface area contributed by atoms with Gasteiger partial charge in [-0.25, -0.2) is 0 Å². The molecular weight excluding hydrogens is 184 g/mol. The predicted octanol–water partition coefficient (Wildman–Crippen LogP) is 2.79. The highest BCUT2D eigenvalue weighted by atomic mass is 15.0. The van der Waals surface area contributed by atoms with Gasteiger partial charge in [-0.15, -0.1) is 0 Å². The molecule has 0 spiro atoms. The van der Waals surface area contributed by atoms with Crippen LogP contribution < -0.4 is 5.32 Å². The van der Waals surface area contributed by atoms with E-state index in [0.29, 0.717) is 5.41 Å². The molecular formula is C13H22N2. The number of nitrogens with zero attached hydrogens (tertiary/aromatic N) is 1. The molecule has 1 heterocycles. The number of hydrogen-bond donors (Lipinski definition) is 1. The first-order valence-corrected chi connectivity index (χ1v) is 6.00. The Labute approximate surface area is 92.7 Å². The molecule has 1 atom stereocenters. The van der Waals surface area contributed by atoms with E-state index in [1.165, 1.54) is 18.4 Å². The molecule has 0 amide bonds. The van der Waals surface area contributed by atoms with Crippen molar-refractivity contribution in [3.05, 3.63) is 24.0 Å². The minimum absolute atomic E-state index is 0.534. The molecule has 1 aromatic rings. The molecule has 0 aliphatic heterocycles. The van der Waals surface area contributed by atoms with Crippen LogP contribution in [0.5, 0.6) is 0 Å². The maximum Gasteiger partial charge on any atom is 0.0223 e. The second-order valence-electron chi connectivity index (χ2n) is 5.38. The number of nitrogens with one attached hydrogen (secondary N) is 1. The van der Waals surface area contributed by atoms with Gasteiger partial charge in [0.2, 0.25) is 0 Å². The summed E-state index contributed by atoms with van der Waals surface area (Å²) in [5, 5.41) is 3.61. The first-order chi connectivity index (χ1) is 7.12. The highest BCUT2D eigenvalue weighted by Gasteiger charge is 2.44. The third-order valence-electron chi connectivity index (χ3n) is 3.36. The molecule has 1 aliphatic rings. The van der Waals surface area contributed by atoms with E-state index >= 15 is 0 Å². The van der Waals surface area contributed by atoms with Crippen LogP contribution in [0.3, 0.4) is 0 Å². The molecule has 1 unspecified atom stereocenters. The number of rotatable bonds is 5. The molecule has 84 valence electrons. The van der Waals surface area contributed by atoms with E-state index in [0.717, 1.165) is 19.1 Å². The summed E-state index contributed by atoms with van der Waals surface area (Å²) in [7, 11) is 0. The second kappa shape index (κ2) is 4.01. The molecule has 2 heteroatoms. The van der Waals surface area contributed by atoms with Gasteiger partial charge in [-0.3, -0.25) is 0 Å². The zero-order valence-corrected chi connectivity index (χ0v) is 10.1. The van der Waals surface area contributed by atoms with Crippen molar-refractivity contribution in [2.24, 2.45) is 5.41 Å². The van der Waals surface area contributed by atoms with E-state index in [2.05, 4.69) is 49.1 Å². The average molecular weight is 206 g/mol. The third-order valence-corrected chi connectivity index (χ3v) is 3.36. The van der Waals surface area contributed by atoms with Crippen LogP contribution in [0.4, 0.5) is 0 Å². The summed E-state index contributed by atoms with van der Waals surface area (Å²) in [6.07, 6.45) is 6.96. The summed E-state index contributed by atoms with van der Waals surface area (Å²) in [5.41, 5.74) is 1.94. The van der Waals surface area contributed by atoms with Crippen molar-refractivity contribution in [3.63, 3.8) is 0 Å². The van der Waals surface area contributed by atoms with E-state index < -0.39 is 0 Å². The normalized spacial score (nSPS) is 23.0. The lowest BCUT2D eigenvalue weighted by atomic mass is 10.2. The molecule has 0 saturated heterocycles. The molecule has 1 saturated carbocycles. The molecule has 15 heavy (non-hydrogen) atoms. The second-order valence-corrected chi connectivity index (χ2v) is 5.38. The zero-order chi connectivity index (χ0) is 10.9. The van der Waals surface area contributed by atoms with Crippen LogP contribution in [-0.4, -0.2) is 10.6 Å². The van der Waals surface area contributed by atoms with Gasteiger partial charge in [0, 0.05) is 31.5 Å². The summed E-state index contributed by atoms with van der Waals surface area (Å²) in [4.78, 5) is 0. The highest BCUT2D eigenvalue weighted by Crippen LogP contribution is 2.44. The maximum atomic E-state index is 3.61. The summed E-state index contributed by atoms with van der Waals surface area (Å²) >= 11 is 0. The minimum atomic E-state index is 0.534. The van der Waals surface area contributed by atoms with Crippen LogP contribution in [0.1, 0.15) is 39.2 Å². The monoisotopic (exact) mass is 206 g/mol. The van der Waals surface area contributed by atoms with E-state index in [1.807, 2.05) is 0 Å². The van der Waals surface area contributed by atoms with Gasteiger partial charge >= 0.3 is 0 Å². The van der Waals surface area contributed by atoms with Gasteiger partial charge in [-0.05, 0) is 29.9 Å². The Kier molecular flexibility index (Phi) is 2.87. The molecule has 0 aromatic carbocycles. The predicted molar refractivity (Wildman–Crippen MR) is 63.7 cm³/mol. The molecule has 0 radical (unpaired) electrons. The molecule has 2 nitrogen and oxygen atoms in total. The Morgan fingerprint density at radius 3 is 2.87 bits per heavy atom. The van der Waals surface area contributed by atoms with Gasteiger partial charge in [-0.2, -0.15) is 0 Å². The van der Waals surface area contributed by atoms with Crippen LogP contribution in [0.2, 0.25) is 0 Å². The van der Waals surface area contributed by atoms with Crippen molar-refractivity contribution in [1.29, 1.82) is 0 Å². The lowest BCUT2D eigenvalue weighted by Crippen LogP contribution is -2.19. The fourth-order valence-electron chi connectivity index (χ4n) is 2.05. The Morgan fingerprint density at radius 1 is 1.53 bits per heavy atom. The van der Waals surface area contributed by atoms with Crippen molar-refractivity contribution in [3.8, 4) is 0 Å². The first kappa shape index (κ1) is 10.7. The number of aromatic nitrogens is 1. The summed E-state index contributed by atoms with van der Waals surface area (Å²) in [6, 6.07) is 2.95. The lowest BCUT2D eigenvalue weighted by Gasteiger charge is -2.04. The topological polar surface area (TPSA) is 17.0 Å². The fraction of sp³-hybridized carbons (Fsp3) is 0.692. The van der Waals surface area contributed by atoms with Crippen molar-refractivity contribution < 1.29 is 0 Å². The summed E-state index contributed by atoms with van der Waals surface area (Å²) in [5.74, 6) is 0. The largest absolute Gasteiger partial charge is 0.354 e. The first-order valence-electron chi connectivity index (χ1n) is 6.00. The van der Waals surface area contributed by atoms with Gasteiger partial charge in [-0.1, -0.05) is 20.8 Å². The van der Waals surface area contributed by atoms with Gasteiger partial charge in [0.25, 0.3) is 0 Å². The lowest BCUT2D eigenvalue weighted by molar-refractivity contribution is 0.541. The molecule has 1 aliphatic carbocycles. The molecule has 1 fully saturated rings. The SMILES string of the molecule is CCCn1ccc(CNC2CC2(C)C)c1. The van der Waals surface area contributed by atoms with Gasteiger partial charge in [0.05, 0.1) is 0 Å². The zero-order valence-electron chi connectivity index (χ0n) is 10.1. The standard InChI is InChI=1S/C13H22N2/c1-4-6-15-7-5-11(10-15)9-14-12-8-13(12,2)3/h5,7,10,12,14H,4,6,8-9H2,1-3H3. The summed E-state index contributed by atoms with van der Waals surface area (Å²) < 4.78 is 2.27. The molecule has 1 aromatic heterocycles. The molecule has 1 N–H and O–H groups in total. The van der Waals surface area contributed by atoms with Gasteiger partial charge < -0.3 is 9.88 Å². The van der Waals surface area contributed by atoms with Crippen molar-refractivity contribution in [2.75, 3.05) is 0 Å². The third kappa shape index (κ3) is 2.63. The van der Waals surface area contributed by atoms with Crippen molar-refractivity contribution in [1.82, 2.24) is 9.88 Å². The highest BCUT2D eigenvalue weighted by molar-refractivity contribution is 5.11. The van der Waals surface area contributed by atoms with E-state index in [1.54, 1.807) is 0 Å². The fourth-order valence-corrected chi connectivity index (χ4v) is 2.05. The number of aryl methyl sites for hydroxylation is 1. The van der Waals surface area contributed by atoms with Crippen LogP contribution in [0, 0.1) is 5.41 Å². The minimum Gasteiger partial charge on any atom is -0.354 e. The summed E-state index contributed by atoms with van der Waals surface area (Å²) in [6.45, 7) is 9.02. The van der Waals surface area contributed by atoms with Crippen LogP contribution in [0.25, 0.3) is 0 Å². The average Bonchev–Trinajstić information content (AvgIpc) is 2.62. The van der Waals surface area contributed by atoms with Crippen LogP contribution in [0.15, 0.2) is 18.5 Å². The smallest absolute Gasteiger partial charge is 0.0223 e. The molecule has 0 bridgehead atoms. The molecule has 2 rings (SSSR count). The van der Waals surface area contributed by atoms with Gasteiger partial charge in [0.15, 0.2) is 0 Å². The van der Waals surface area contributed by atoms with Crippen LogP contribution in [-0.2, 0) is 13.1 Å². The Morgan fingerprint density at radius 2 is 2.27 bits per heavy atom. The van der Waals surface area contributed by atoms with Crippen molar-refractivity contribution in [2.45, 2.75) is 52.7 Å². The maximum absolute atomic E-state index is 3.61. The van der Waals surface area contributed by atoms with E-state index in [4.69, 9.17) is 0 Å². The number of hydrogen-bond acceptors (Lipinski definition) is 1. The quantitative estimate of drug-likeness (QED) is 0.784. The Balaban J connectivity index is 1.79. The van der Waals surface area contributed by atoms with Gasteiger partial charge in [0.1, 0.15) is 0 Å².